The van der Waals surface area contributed by atoms with E-state index in [0.29, 0.717) is 22.3 Å². The van der Waals surface area contributed by atoms with E-state index in [1.54, 1.807) is 37.4 Å². The van der Waals surface area contributed by atoms with Gasteiger partial charge in [0.15, 0.2) is 12.4 Å². The number of para-hydroxylation sites is 1. The minimum absolute atomic E-state index is 0.0423. The molecule has 0 N–H and O–H groups in total. The van der Waals surface area contributed by atoms with Crippen molar-refractivity contribution in [2.75, 3.05) is 6.61 Å². The van der Waals surface area contributed by atoms with E-state index in [2.05, 4.69) is 4.98 Å². The number of hydrogen-bond acceptors (Lipinski definition) is 5. The van der Waals surface area contributed by atoms with E-state index in [0.717, 1.165) is 12.0 Å². The number of aryl methyl sites for hydroxylation is 2. The van der Waals surface area contributed by atoms with Crippen molar-refractivity contribution in [1.82, 2.24) is 9.55 Å². The smallest absolute Gasteiger partial charge is 0.306 e. The highest BCUT2D eigenvalue weighted by Gasteiger charge is 2.13. The minimum atomic E-state index is -0.499. The molecular formula is C22H22N2O4. The molecule has 0 atom stereocenters. The van der Waals surface area contributed by atoms with Crippen LogP contribution in [0.5, 0.6) is 0 Å². The van der Waals surface area contributed by atoms with Crippen LogP contribution >= 0.6 is 0 Å². The van der Waals surface area contributed by atoms with Crippen LogP contribution in [0.15, 0.2) is 53.3 Å². The molecule has 28 heavy (non-hydrogen) atoms. The van der Waals surface area contributed by atoms with Crippen LogP contribution in [-0.2, 0) is 29.4 Å². The molecule has 6 heteroatoms. The van der Waals surface area contributed by atoms with Crippen molar-refractivity contribution in [3.8, 4) is 0 Å². The Morgan fingerprint density at radius 2 is 1.79 bits per heavy atom. The van der Waals surface area contributed by atoms with Gasteiger partial charge in [-0.1, -0.05) is 43.3 Å². The molecule has 3 aromatic rings. The van der Waals surface area contributed by atoms with Crippen molar-refractivity contribution >= 4 is 22.7 Å². The Kier molecular flexibility index (Phi) is 5.99. The first-order chi connectivity index (χ1) is 13.5. The van der Waals surface area contributed by atoms with Crippen molar-refractivity contribution in [2.45, 2.75) is 26.2 Å². The summed E-state index contributed by atoms with van der Waals surface area (Å²) in [6.45, 7) is 1.74. The van der Waals surface area contributed by atoms with Gasteiger partial charge in [0, 0.05) is 19.0 Å². The van der Waals surface area contributed by atoms with Gasteiger partial charge in [-0.3, -0.25) is 19.0 Å². The number of aromatic nitrogens is 2. The lowest BCUT2D eigenvalue weighted by Gasteiger charge is -2.09. The number of nitrogens with zero attached hydrogens (tertiary/aromatic N) is 2. The van der Waals surface area contributed by atoms with E-state index in [-0.39, 0.29) is 30.8 Å². The molecule has 1 heterocycles. The highest BCUT2D eigenvalue weighted by molar-refractivity contribution is 5.97. The van der Waals surface area contributed by atoms with Crippen molar-refractivity contribution in [3.63, 3.8) is 0 Å². The zero-order valence-electron chi connectivity index (χ0n) is 16.0. The maximum atomic E-state index is 12.4. The molecule has 3 rings (SSSR count). The van der Waals surface area contributed by atoms with Gasteiger partial charge in [-0.15, -0.1) is 0 Å². The van der Waals surface area contributed by atoms with E-state index in [9.17, 15) is 14.4 Å². The summed E-state index contributed by atoms with van der Waals surface area (Å²) in [5.74, 6) is -0.240. The summed E-state index contributed by atoms with van der Waals surface area (Å²) in [7, 11) is 1.63. The molecule has 6 nitrogen and oxygen atoms in total. The van der Waals surface area contributed by atoms with Gasteiger partial charge in [0.2, 0.25) is 0 Å². The molecule has 0 unspecified atom stereocenters. The van der Waals surface area contributed by atoms with Gasteiger partial charge in [0.25, 0.3) is 5.56 Å². The molecule has 1 aromatic heterocycles. The number of fused-ring (bicyclic) bond motifs is 1. The summed E-state index contributed by atoms with van der Waals surface area (Å²) in [5.41, 5.74) is 2.10. The third-order valence-electron chi connectivity index (χ3n) is 4.68. The van der Waals surface area contributed by atoms with E-state index in [4.69, 9.17) is 4.74 Å². The van der Waals surface area contributed by atoms with Crippen molar-refractivity contribution in [1.29, 1.82) is 0 Å². The number of rotatable bonds is 7. The lowest BCUT2D eigenvalue weighted by Crippen LogP contribution is -2.23. The fraction of sp³-hybridized carbons (Fsp3) is 0.273. The molecule has 144 valence electrons. The maximum absolute atomic E-state index is 12.4. The average molecular weight is 378 g/mol. The third-order valence-corrected chi connectivity index (χ3v) is 4.68. The van der Waals surface area contributed by atoms with Crippen LogP contribution in [0.3, 0.4) is 0 Å². The largest absolute Gasteiger partial charge is 0.457 e. The number of ketones is 1. The summed E-state index contributed by atoms with van der Waals surface area (Å²) in [6, 6.07) is 14.3. The summed E-state index contributed by atoms with van der Waals surface area (Å²) < 4.78 is 6.53. The lowest BCUT2D eigenvalue weighted by molar-refractivity contribution is -0.142. The lowest BCUT2D eigenvalue weighted by atomic mass is 10.1. The zero-order valence-corrected chi connectivity index (χ0v) is 16.0. The molecule has 0 spiro atoms. The first kappa shape index (κ1) is 19.5. The SMILES string of the molecule is CCc1ccc(C(=O)COC(=O)CCc2nc3ccccc3c(=O)n2C)cc1. The van der Waals surface area contributed by atoms with Gasteiger partial charge in [-0.25, -0.2) is 4.98 Å². The first-order valence-corrected chi connectivity index (χ1v) is 9.22. The van der Waals surface area contributed by atoms with Gasteiger partial charge < -0.3 is 4.74 Å². The van der Waals surface area contributed by atoms with Crippen LogP contribution in [-0.4, -0.2) is 27.9 Å². The quantitative estimate of drug-likeness (QED) is 0.467. The number of Topliss-reactive ketones (excluding diaryl/α,β-unsaturated/α-hetero) is 1. The molecule has 0 aliphatic heterocycles. The fourth-order valence-corrected chi connectivity index (χ4v) is 2.93. The Labute approximate surface area is 162 Å². The predicted molar refractivity (Wildman–Crippen MR) is 106 cm³/mol. The van der Waals surface area contributed by atoms with Crippen molar-refractivity contribution in [3.05, 3.63) is 75.8 Å². The average Bonchev–Trinajstić information content (AvgIpc) is 2.73. The Balaban J connectivity index is 1.58. The highest BCUT2D eigenvalue weighted by Crippen LogP contribution is 2.09. The summed E-state index contributed by atoms with van der Waals surface area (Å²) in [5, 5.41) is 0.538. The molecule has 0 saturated carbocycles. The second kappa shape index (κ2) is 8.61. The van der Waals surface area contributed by atoms with E-state index < -0.39 is 5.97 Å². The summed E-state index contributed by atoms with van der Waals surface area (Å²) >= 11 is 0. The fourth-order valence-electron chi connectivity index (χ4n) is 2.93. The predicted octanol–water partition coefficient (Wildman–Crippen LogP) is 2.85. The van der Waals surface area contributed by atoms with Crippen molar-refractivity contribution in [2.24, 2.45) is 7.05 Å². The normalized spacial score (nSPS) is 10.8. The van der Waals surface area contributed by atoms with E-state index in [1.165, 1.54) is 4.57 Å². The number of carbonyl (C=O) groups excluding carboxylic acids is 2. The van der Waals surface area contributed by atoms with Crippen LogP contribution in [0.25, 0.3) is 10.9 Å². The van der Waals surface area contributed by atoms with Gasteiger partial charge >= 0.3 is 5.97 Å². The van der Waals surface area contributed by atoms with Crippen LogP contribution in [0.4, 0.5) is 0 Å². The van der Waals surface area contributed by atoms with Gasteiger partial charge in [-0.2, -0.15) is 0 Å². The van der Waals surface area contributed by atoms with Crippen LogP contribution < -0.4 is 5.56 Å². The van der Waals surface area contributed by atoms with Crippen LogP contribution in [0.2, 0.25) is 0 Å². The molecular weight excluding hydrogens is 356 g/mol. The molecule has 0 aliphatic rings. The molecule has 0 aliphatic carbocycles. The number of hydrogen-bond donors (Lipinski definition) is 0. The maximum Gasteiger partial charge on any atom is 0.306 e. The molecule has 0 amide bonds. The number of benzene rings is 2. The Morgan fingerprint density at radius 3 is 2.50 bits per heavy atom. The van der Waals surface area contributed by atoms with E-state index >= 15 is 0 Å². The second-order valence-electron chi connectivity index (χ2n) is 6.54. The number of ether oxygens (including phenoxy) is 1. The number of carbonyl (C=O) groups is 2. The molecule has 0 fully saturated rings. The summed E-state index contributed by atoms with van der Waals surface area (Å²) in [4.78, 5) is 41.0. The Hall–Kier alpha value is -3.28. The molecule has 0 bridgehead atoms. The standard InChI is InChI=1S/C22H22N2O4/c1-3-15-8-10-16(11-9-15)19(25)14-28-21(26)13-12-20-23-18-7-5-4-6-17(18)22(27)24(20)2/h4-11H,3,12-14H2,1-2H3. The molecule has 0 saturated heterocycles. The second-order valence-corrected chi connectivity index (χ2v) is 6.54. The minimum Gasteiger partial charge on any atom is -0.457 e. The Bertz CT molecular complexity index is 1070. The van der Waals surface area contributed by atoms with Crippen LogP contribution in [0.1, 0.15) is 35.1 Å². The van der Waals surface area contributed by atoms with Gasteiger partial charge in [-0.05, 0) is 24.1 Å². The molecule has 2 aromatic carbocycles. The van der Waals surface area contributed by atoms with Crippen LogP contribution in [0, 0.1) is 0 Å². The summed E-state index contributed by atoms with van der Waals surface area (Å²) in [6.07, 6.45) is 1.20. The number of esters is 1. The van der Waals surface area contributed by atoms with E-state index in [1.807, 2.05) is 25.1 Å². The van der Waals surface area contributed by atoms with Crippen molar-refractivity contribution < 1.29 is 14.3 Å². The third kappa shape index (κ3) is 4.34. The van der Waals surface area contributed by atoms with Gasteiger partial charge in [0.05, 0.1) is 17.3 Å². The molecule has 0 radical (unpaired) electrons. The zero-order chi connectivity index (χ0) is 20.1. The highest BCUT2D eigenvalue weighted by atomic mass is 16.5. The topological polar surface area (TPSA) is 78.3 Å². The Morgan fingerprint density at radius 1 is 1.07 bits per heavy atom. The first-order valence-electron chi connectivity index (χ1n) is 9.22. The monoisotopic (exact) mass is 378 g/mol. The van der Waals surface area contributed by atoms with Gasteiger partial charge in [0.1, 0.15) is 5.82 Å².